The van der Waals surface area contributed by atoms with E-state index in [1.165, 1.54) is 31.5 Å². The van der Waals surface area contributed by atoms with Crippen molar-refractivity contribution < 1.29 is 4.79 Å². The molecule has 2 saturated heterocycles. The average Bonchev–Trinajstić information content (AvgIpc) is 3.66. The standard InChI is InChI=1S/C32H46N10O/c1-24(20-33)36-31(29-30(34)39(3)23-35-29)42(22-25-6-4-5-7-25)37-32(43)27-10-8-26(9-11-27)21-40-16-18-41(19-17-40)28-12-14-38(2)15-13-28/h8-11,23,25,28H,1,4-7,12-19,21-22,34H2,2-3H3,(H,37,43)/b36-31+. The summed E-state index contributed by atoms with van der Waals surface area (Å²) in [5.74, 6) is 0.849. The number of nitrogen functional groups attached to an aromatic ring is 1. The molecule has 1 saturated carbocycles. The van der Waals surface area contributed by atoms with Crippen molar-refractivity contribution in [2.24, 2.45) is 18.0 Å². The van der Waals surface area contributed by atoms with E-state index in [1.54, 1.807) is 23.0 Å². The maximum absolute atomic E-state index is 13.5. The highest BCUT2D eigenvalue weighted by Crippen LogP contribution is 2.26. The number of hydrogen-bond donors (Lipinski definition) is 2. The monoisotopic (exact) mass is 586 g/mol. The van der Waals surface area contributed by atoms with Crippen LogP contribution in [0.15, 0.2) is 47.9 Å². The van der Waals surface area contributed by atoms with Crippen LogP contribution < -0.4 is 11.2 Å². The number of nitriles is 1. The van der Waals surface area contributed by atoms with Gasteiger partial charge >= 0.3 is 0 Å². The summed E-state index contributed by atoms with van der Waals surface area (Å²) < 4.78 is 1.68. The number of nitrogens with two attached hydrogens (primary N) is 1. The lowest BCUT2D eigenvalue weighted by Gasteiger charge is -2.42. The van der Waals surface area contributed by atoms with Crippen molar-refractivity contribution in [1.29, 1.82) is 5.26 Å². The van der Waals surface area contributed by atoms with Crippen LogP contribution >= 0.6 is 0 Å². The van der Waals surface area contributed by atoms with Crippen LogP contribution in [0.4, 0.5) is 5.82 Å². The predicted octanol–water partition coefficient (Wildman–Crippen LogP) is 2.84. The Labute approximate surface area is 255 Å². The molecule has 3 fully saturated rings. The minimum Gasteiger partial charge on any atom is -0.383 e. The summed E-state index contributed by atoms with van der Waals surface area (Å²) in [5.41, 5.74) is 11.5. The summed E-state index contributed by atoms with van der Waals surface area (Å²) >= 11 is 0. The number of rotatable bonds is 8. The Kier molecular flexibility index (Phi) is 10.1. The number of benzene rings is 1. The lowest BCUT2D eigenvalue weighted by Crippen LogP contribution is -2.52. The second-order valence-corrected chi connectivity index (χ2v) is 12.3. The van der Waals surface area contributed by atoms with Gasteiger partial charge in [0.25, 0.3) is 5.91 Å². The minimum atomic E-state index is -0.249. The molecule has 0 radical (unpaired) electrons. The second kappa shape index (κ2) is 14.2. The fourth-order valence-corrected chi connectivity index (χ4v) is 6.50. The molecule has 43 heavy (non-hydrogen) atoms. The van der Waals surface area contributed by atoms with Gasteiger partial charge in [-0.15, -0.1) is 0 Å². The van der Waals surface area contributed by atoms with E-state index >= 15 is 0 Å². The van der Waals surface area contributed by atoms with Crippen molar-refractivity contribution in [2.75, 3.05) is 58.6 Å². The van der Waals surface area contributed by atoms with Crippen molar-refractivity contribution in [1.82, 2.24) is 34.7 Å². The van der Waals surface area contributed by atoms with Crippen LogP contribution in [0.5, 0.6) is 0 Å². The van der Waals surface area contributed by atoms with Gasteiger partial charge in [-0.05, 0) is 69.4 Å². The molecule has 11 heteroatoms. The molecule has 0 bridgehead atoms. The summed E-state index contributed by atoms with van der Waals surface area (Å²) in [6.45, 7) is 11.9. The third-order valence-corrected chi connectivity index (χ3v) is 9.21. The maximum atomic E-state index is 13.5. The Morgan fingerprint density at radius 1 is 1.09 bits per heavy atom. The number of allylic oxidation sites excluding steroid dienone is 1. The Morgan fingerprint density at radius 3 is 2.37 bits per heavy atom. The normalized spacial score (nSPS) is 19.8. The van der Waals surface area contributed by atoms with Crippen LogP contribution in [-0.2, 0) is 13.6 Å². The Morgan fingerprint density at radius 2 is 1.77 bits per heavy atom. The first-order chi connectivity index (χ1) is 20.8. The largest absolute Gasteiger partial charge is 0.383 e. The molecule has 230 valence electrons. The number of piperazine rings is 1. The topological polar surface area (TPSA) is 122 Å². The number of aromatic nitrogens is 2. The van der Waals surface area contributed by atoms with E-state index in [0.717, 1.165) is 64.4 Å². The molecular formula is C32H46N10O. The highest BCUT2D eigenvalue weighted by Gasteiger charge is 2.28. The van der Waals surface area contributed by atoms with E-state index in [2.05, 4.69) is 43.7 Å². The number of aryl methyl sites for hydroxylation is 1. The molecule has 0 atom stereocenters. The molecule has 3 N–H and O–H groups in total. The van der Waals surface area contributed by atoms with Crippen LogP contribution in [0.1, 0.15) is 60.1 Å². The first-order valence-corrected chi connectivity index (χ1v) is 15.6. The number of piperidine rings is 1. The summed E-state index contributed by atoms with van der Waals surface area (Å²) in [5, 5.41) is 11.1. The van der Waals surface area contributed by atoms with Crippen molar-refractivity contribution in [3.63, 3.8) is 0 Å². The SMILES string of the molecule is C=C(C#N)/N=C(\c1ncn(C)c1N)N(CC1CCCC1)NC(=O)c1ccc(CN2CCN(C3CCN(C)CC3)CC2)cc1. The number of carbonyl (C=O) groups is 1. The van der Waals surface area contributed by atoms with E-state index in [9.17, 15) is 10.1 Å². The maximum Gasteiger partial charge on any atom is 0.269 e. The number of aliphatic imine (C=N–C) groups is 1. The van der Waals surface area contributed by atoms with Gasteiger partial charge < -0.3 is 15.2 Å². The highest BCUT2D eigenvalue weighted by atomic mass is 16.2. The van der Waals surface area contributed by atoms with E-state index in [4.69, 9.17) is 5.73 Å². The number of amides is 1. The van der Waals surface area contributed by atoms with Crippen molar-refractivity contribution >= 4 is 17.6 Å². The molecular weight excluding hydrogens is 540 g/mol. The van der Waals surface area contributed by atoms with Crippen LogP contribution in [0.2, 0.25) is 0 Å². The van der Waals surface area contributed by atoms with Gasteiger partial charge in [-0.25, -0.2) is 9.98 Å². The van der Waals surface area contributed by atoms with Gasteiger partial charge in [0.2, 0.25) is 0 Å². The van der Waals surface area contributed by atoms with Gasteiger partial charge in [0, 0.05) is 57.9 Å². The Balaban J connectivity index is 1.24. The lowest BCUT2D eigenvalue weighted by molar-refractivity contribution is 0.0618. The second-order valence-electron chi connectivity index (χ2n) is 12.3. The fraction of sp³-hybridized carbons (Fsp3) is 0.562. The molecule has 1 aliphatic carbocycles. The first-order valence-electron chi connectivity index (χ1n) is 15.6. The number of carbonyl (C=O) groups excluding carboxylic acids is 1. The van der Waals surface area contributed by atoms with Crippen molar-refractivity contribution in [3.05, 3.63) is 59.7 Å². The molecule has 1 amide bonds. The third kappa shape index (κ3) is 7.82. The Bertz CT molecular complexity index is 1320. The number of likely N-dealkylation sites (tertiary alicyclic amines) is 1. The quantitative estimate of drug-likeness (QED) is 0.210. The zero-order valence-electron chi connectivity index (χ0n) is 25.7. The molecule has 0 unspecified atom stereocenters. The molecule has 0 spiro atoms. The lowest BCUT2D eigenvalue weighted by atomic mass is 10.0. The predicted molar refractivity (Wildman–Crippen MR) is 169 cm³/mol. The van der Waals surface area contributed by atoms with Gasteiger partial charge in [-0.2, -0.15) is 5.26 Å². The molecule has 5 rings (SSSR count). The van der Waals surface area contributed by atoms with Gasteiger partial charge in [-0.3, -0.25) is 25.0 Å². The third-order valence-electron chi connectivity index (χ3n) is 9.21. The summed E-state index contributed by atoms with van der Waals surface area (Å²) in [6.07, 6.45) is 8.59. The van der Waals surface area contributed by atoms with Crippen LogP contribution in [0, 0.1) is 17.2 Å². The number of nitrogens with one attached hydrogen (secondary N) is 1. The average molecular weight is 587 g/mol. The van der Waals surface area contributed by atoms with Gasteiger partial charge in [0.05, 0.1) is 6.33 Å². The molecule has 2 aromatic rings. The number of anilines is 1. The number of nitrogens with zero attached hydrogens (tertiary/aromatic N) is 8. The number of hydrazine groups is 1. The Hall–Kier alpha value is -3.72. The molecule has 11 nitrogen and oxygen atoms in total. The van der Waals surface area contributed by atoms with Crippen molar-refractivity contribution in [3.8, 4) is 6.07 Å². The number of hydrogen-bond acceptors (Lipinski definition) is 8. The number of imidazole rings is 1. The van der Waals surface area contributed by atoms with Gasteiger partial charge in [-0.1, -0.05) is 31.6 Å². The highest BCUT2D eigenvalue weighted by molar-refractivity contribution is 6.03. The van der Waals surface area contributed by atoms with E-state index < -0.39 is 0 Å². The molecule has 3 heterocycles. The number of amidine groups is 1. The summed E-state index contributed by atoms with van der Waals surface area (Å²) in [6, 6.07) is 10.6. The van der Waals surface area contributed by atoms with Gasteiger partial charge in [0.1, 0.15) is 23.3 Å². The zero-order chi connectivity index (χ0) is 30.3. The summed E-state index contributed by atoms with van der Waals surface area (Å²) in [7, 11) is 4.01. The zero-order valence-corrected chi connectivity index (χ0v) is 25.7. The molecule has 3 aliphatic rings. The van der Waals surface area contributed by atoms with Crippen LogP contribution in [-0.4, -0.2) is 99.9 Å². The van der Waals surface area contributed by atoms with Crippen LogP contribution in [0.3, 0.4) is 0 Å². The molecule has 2 aliphatic heterocycles. The summed E-state index contributed by atoms with van der Waals surface area (Å²) in [4.78, 5) is 30.0. The first kappa shape index (κ1) is 30.7. The van der Waals surface area contributed by atoms with Crippen molar-refractivity contribution in [2.45, 2.75) is 51.1 Å². The minimum absolute atomic E-state index is 0.0160. The van der Waals surface area contributed by atoms with E-state index in [-0.39, 0.29) is 11.6 Å². The van der Waals surface area contributed by atoms with E-state index in [0.29, 0.717) is 35.4 Å². The fourth-order valence-electron chi connectivity index (χ4n) is 6.50. The van der Waals surface area contributed by atoms with Crippen LogP contribution in [0.25, 0.3) is 0 Å². The van der Waals surface area contributed by atoms with E-state index in [1.807, 2.05) is 30.3 Å². The smallest absolute Gasteiger partial charge is 0.269 e. The molecule has 1 aromatic carbocycles. The van der Waals surface area contributed by atoms with Gasteiger partial charge in [0.15, 0.2) is 5.84 Å². The molecule has 1 aromatic heterocycles.